The molecular formula is C11H21N3. The molecule has 0 aliphatic rings. The number of nitrogens with one attached hydrogen (secondary N) is 1. The molecule has 0 bridgehead atoms. The third-order valence-electron chi connectivity index (χ3n) is 2.49. The summed E-state index contributed by atoms with van der Waals surface area (Å²) in [5, 5.41) is 7.77. The molecule has 0 aliphatic carbocycles. The van der Waals surface area contributed by atoms with Crippen LogP contribution in [0.5, 0.6) is 0 Å². The molecule has 0 fully saturated rings. The molecule has 0 aromatic carbocycles. The first-order valence-corrected chi connectivity index (χ1v) is 5.57. The molecule has 1 atom stereocenters. The van der Waals surface area contributed by atoms with Gasteiger partial charge >= 0.3 is 0 Å². The van der Waals surface area contributed by atoms with Gasteiger partial charge in [0.2, 0.25) is 0 Å². The first-order valence-electron chi connectivity index (χ1n) is 5.57. The quantitative estimate of drug-likeness (QED) is 0.707. The number of hydrogen-bond acceptors (Lipinski definition) is 2. The standard InChI is InChI=1S/C11H21N3/c1-4-6-8-12-11-7-9-14(13-11)10(3)5-2/h7,9-10H,4-6,8H2,1-3H3,(H,12,13)/t10-/m0/s1. The van der Waals surface area contributed by atoms with E-state index in [9.17, 15) is 0 Å². The Hall–Kier alpha value is -0.990. The van der Waals surface area contributed by atoms with Crippen molar-refractivity contribution in [3.05, 3.63) is 12.3 Å². The summed E-state index contributed by atoms with van der Waals surface area (Å²) in [5.41, 5.74) is 0. The van der Waals surface area contributed by atoms with E-state index < -0.39 is 0 Å². The van der Waals surface area contributed by atoms with Gasteiger partial charge in [0.25, 0.3) is 0 Å². The van der Waals surface area contributed by atoms with Gasteiger partial charge in [-0.1, -0.05) is 20.3 Å². The van der Waals surface area contributed by atoms with Crippen LogP contribution in [0.3, 0.4) is 0 Å². The molecule has 0 radical (unpaired) electrons. The molecule has 0 saturated carbocycles. The maximum Gasteiger partial charge on any atom is 0.147 e. The number of rotatable bonds is 6. The first-order chi connectivity index (χ1) is 6.77. The van der Waals surface area contributed by atoms with E-state index in [1.165, 1.54) is 12.8 Å². The average molecular weight is 195 g/mol. The van der Waals surface area contributed by atoms with E-state index in [1.807, 2.05) is 16.9 Å². The van der Waals surface area contributed by atoms with E-state index in [1.54, 1.807) is 0 Å². The Morgan fingerprint density at radius 1 is 1.50 bits per heavy atom. The van der Waals surface area contributed by atoms with Gasteiger partial charge in [-0.15, -0.1) is 0 Å². The van der Waals surface area contributed by atoms with Crippen LogP contribution in [0.1, 0.15) is 46.1 Å². The second-order valence-corrected chi connectivity index (χ2v) is 3.72. The topological polar surface area (TPSA) is 29.9 Å². The van der Waals surface area contributed by atoms with E-state index in [4.69, 9.17) is 0 Å². The lowest BCUT2D eigenvalue weighted by Crippen LogP contribution is -2.06. The molecule has 1 aromatic rings. The Morgan fingerprint density at radius 3 is 2.93 bits per heavy atom. The smallest absolute Gasteiger partial charge is 0.147 e. The lowest BCUT2D eigenvalue weighted by atomic mass is 10.3. The molecule has 1 heterocycles. The molecule has 3 nitrogen and oxygen atoms in total. The minimum atomic E-state index is 0.497. The van der Waals surface area contributed by atoms with Crippen molar-refractivity contribution in [3.63, 3.8) is 0 Å². The Kier molecular flexibility index (Phi) is 4.50. The van der Waals surface area contributed by atoms with Gasteiger partial charge < -0.3 is 5.32 Å². The number of hydrogen-bond donors (Lipinski definition) is 1. The summed E-state index contributed by atoms with van der Waals surface area (Å²) in [6.45, 7) is 7.58. The van der Waals surface area contributed by atoms with Crippen LogP contribution in [-0.2, 0) is 0 Å². The van der Waals surface area contributed by atoms with Crippen molar-refractivity contribution in [2.75, 3.05) is 11.9 Å². The fourth-order valence-electron chi connectivity index (χ4n) is 1.26. The lowest BCUT2D eigenvalue weighted by molar-refractivity contribution is 0.479. The van der Waals surface area contributed by atoms with E-state index in [0.29, 0.717) is 6.04 Å². The molecule has 1 rings (SSSR count). The van der Waals surface area contributed by atoms with E-state index in [0.717, 1.165) is 18.8 Å². The third kappa shape index (κ3) is 3.05. The van der Waals surface area contributed by atoms with Gasteiger partial charge in [-0.2, -0.15) is 5.10 Å². The van der Waals surface area contributed by atoms with Gasteiger partial charge in [-0.3, -0.25) is 4.68 Å². The van der Waals surface area contributed by atoms with Crippen molar-refractivity contribution >= 4 is 5.82 Å². The highest BCUT2D eigenvalue weighted by molar-refractivity contribution is 5.31. The maximum atomic E-state index is 4.46. The van der Waals surface area contributed by atoms with E-state index in [2.05, 4.69) is 31.2 Å². The van der Waals surface area contributed by atoms with Crippen molar-refractivity contribution in [3.8, 4) is 0 Å². The summed E-state index contributed by atoms with van der Waals surface area (Å²) in [7, 11) is 0. The minimum Gasteiger partial charge on any atom is -0.369 e. The van der Waals surface area contributed by atoms with Crippen LogP contribution in [0.2, 0.25) is 0 Å². The van der Waals surface area contributed by atoms with Crippen LogP contribution >= 0.6 is 0 Å². The molecule has 1 aromatic heterocycles. The molecule has 1 N–H and O–H groups in total. The molecule has 0 unspecified atom stereocenters. The largest absolute Gasteiger partial charge is 0.369 e. The highest BCUT2D eigenvalue weighted by Gasteiger charge is 2.03. The van der Waals surface area contributed by atoms with Gasteiger partial charge in [0, 0.05) is 24.8 Å². The zero-order chi connectivity index (χ0) is 10.4. The Morgan fingerprint density at radius 2 is 2.29 bits per heavy atom. The Balaban J connectivity index is 2.42. The van der Waals surface area contributed by atoms with Crippen molar-refractivity contribution in [1.29, 1.82) is 0 Å². The molecule has 14 heavy (non-hydrogen) atoms. The first kappa shape index (κ1) is 11.1. The summed E-state index contributed by atoms with van der Waals surface area (Å²) in [6, 6.07) is 2.54. The van der Waals surface area contributed by atoms with Crippen LogP contribution < -0.4 is 5.32 Å². The van der Waals surface area contributed by atoms with Gasteiger partial charge in [0.1, 0.15) is 5.82 Å². The van der Waals surface area contributed by atoms with E-state index in [-0.39, 0.29) is 0 Å². The predicted octanol–water partition coefficient (Wildman–Crippen LogP) is 3.07. The second-order valence-electron chi connectivity index (χ2n) is 3.72. The van der Waals surface area contributed by atoms with Crippen LogP contribution in [0.25, 0.3) is 0 Å². The van der Waals surface area contributed by atoms with Crippen LogP contribution in [0, 0.1) is 0 Å². The summed E-state index contributed by atoms with van der Waals surface area (Å²) >= 11 is 0. The number of aromatic nitrogens is 2. The predicted molar refractivity (Wildman–Crippen MR) is 60.6 cm³/mol. The molecule has 3 heteroatoms. The summed E-state index contributed by atoms with van der Waals surface area (Å²) in [5.74, 6) is 0.999. The summed E-state index contributed by atoms with van der Waals surface area (Å²) in [6.07, 6.45) is 5.59. The number of nitrogens with zero attached hydrogens (tertiary/aromatic N) is 2. The monoisotopic (exact) mass is 195 g/mol. The van der Waals surface area contributed by atoms with Crippen LogP contribution in [0.4, 0.5) is 5.82 Å². The zero-order valence-corrected chi connectivity index (χ0v) is 9.45. The van der Waals surface area contributed by atoms with Crippen molar-refractivity contribution in [2.45, 2.75) is 46.1 Å². The number of unbranched alkanes of at least 4 members (excludes halogenated alkanes) is 1. The average Bonchev–Trinajstić information content (AvgIpc) is 2.66. The molecular weight excluding hydrogens is 174 g/mol. The van der Waals surface area contributed by atoms with Crippen LogP contribution in [-0.4, -0.2) is 16.3 Å². The molecule has 0 aliphatic heterocycles. The SMILES string of the molecule is CCCCNc1ccn([C@@H](C)CC)n1. The van der Waals surface area contributed by atoms with Gasteiger partial charge in [-0.05, 0) is 19.8 Å². The fraction of sp³-hybridized carbons (Fsp3) is 0.727. The van der Waals surface area contributed by atoms with Gasteiger partial charge in [0.15, 0.2) is 0 Å². The van der Waals surface area contributed by atoms with Crippen molar-refractivity contribution < 1.29 is 0 Å². The Bertz CT molecular complexity index is 255. The molecule has 80 valence electrons. The summed E-state index contributed by atoms with van der Waals surface area (Å²) in [4.78, 5) is 0. The molecule has 0 spiro atoms. The highest BCUT2D eigenvalue weighted by Crippen LogP contribution is 2.11. The molecule has 0 saturated heterocycles. The van der Waals surface area contributed by atoms with Crippen molar-refractivity contribution in [2.24, 2.45) is 0 Å². The maximum absolute atomic E-state index is 4.46. The second kappa shape index (κ2) is 5.68. The third-order valence-corrected chi connectivity index (χ3v) is 2.49. The van der Waals surface area contributed by atoms with Crippen molar-refractivity contribution in [1.82, 2.24) is 9.78 Å². The normalized spacial score (nSPS) is 12.8. The minimum absolute atomic E-state index is 0.497. The summed E-state index contributed by atoms with van der Waals surface area (Å²) < 4.78 is 2.02. The Labute approximate surface area is 86.5 Å². The fourth-order valence-corrected chi connectivity index (χ4v) is 1.26. The van der Waals surface area contributed by atoms with Crippen LogP contribution in [0.15, 0.2) is 12.3 Å². The zero-order valence-electron chi connectivity index (χ0n) is 9.45. The molecule has 0 amide bonds. The lowest BCUT2D eigenvalue weighted by Gasteiger charge is -2.08. The number of anilines is 1. The van der Waals surface area contributed by atoms with Gasteiger partial charge in [0.05, 0.1) is 0 Å². The van der Waals surface area contributed by atoms with E-state index >= 15 is 0 Å². The van der Waals surface area contributed by atoms with Gasteiger partial charge in [-0.25, -0.2) is 0 Å². The highest BCUT2D eigenvalue weighted by atomic mass is 15.3.